The smallest absolute Gasteiger partial charge is 0.261 e. The van der Waals surface area contributed by atoms with Crippen molar-refractivity contribution in [2.45, 2.75) is 37.7 Å². The molecule has 0 bridgehead atoms. The van der Waals surface area contributed by atoms with Crippen LogP contribution in [-0.2, 0) is 14.8 Å². The second kappa shape index (κ2) is 8.10. The molecule has 2 aromatic rings. The van der Waals surface area contributed by atoms with Gasteiger partial charge in [-0.2, -0.15) is 0 Å². The number of benzene rings is 2. The molecule has 0 aliphatic carbocycles. The molecule has 1 unspecified atom stereocenters. The molecular weight excluding hydrogens is 364 g/mol. The normalized spacial score (nSPS) is 16.9. The highest BCUT2D eigenvalue weighted by atomic mass is 32.2. The Kier molecular flexibility index (Phi) is 5.82. The van der Waals surface area contributed by atoms with Crippen molar-refractivity contribution in [3.63, 3.8) is 0 Å². The van der Waals surface area contributed by atoms with Gasteiger partial charge in [-0.25, -0.2) is 8.42 Å². The molecule has 3 rings (SSSR count). The number of rotatable bonds is 6. The van der Waals surface area contributed by atoms with Gasteiger partial charge in [0.15, 0.2) is 0 Å². The van der Waals surface area contributed by atoms with E-state index in [1.165, 1.54) is 24.3 Å². The third-order valence-electron chi connectivity index (χ3n) is 4.70. The van der Waals surface area contributed by atoms with Gasteiger partial charge in [0.25, 0.3) is 15.9 Å². The summed E-state index contributed by atoms with van der Waals surface area (Å²) >= 11 is 0. The summed E-state index contributed by atoms with van der Waals surface area (Å²) in [6.45, 7) is 5.10. The van der Waals surface area contributed by atoms with Crippen LogP contribution in [0.5, 0.6) is 0 Å². The molecule has 27 heavy (non-hydrogen) atoms. The van der Waals surface area contributed by atoms with Crippen LogP contribution in [0.2, 0.25) is 0 Å². The zero-order valence-electron chi connectivity index (χ0n) is 15.5. The van der Waals surface area contributed by atoms with Crippen LogP contribution in [0.25, 0.3) is 0 Å². The predicted octanol–water partition coefficient (Wildman–Crippen LogP) is 3.01. The summed E-state index contributed by atoms with van der Waals surface area (Å²) in [6.07, 6.45) is 2.03. The Bertz CT molecular complexity index is 917. The number of carbonyl (C=O) groups is 1. The number of anilines is 1. The molecule has 0 aromatic heterocycles. The van der Waals surface area contributed by atoms with E-state index in [2.05, 4.69) is 10.0 Å². The van der Waals surface area contributed by atoms with Crippen molar-refractivity contribution in [3.05, 3.63) is 59.2 Å². The first-order valence-corrected chi connectivity index (χ1v) is 10.4. The van der Waals surface area contributed by atoms with Crippen LogP contribution in [0.4, 0.5) is 5.69 Å². The largest absolute Gasteiger partial charge is 0.376 e. The minimum atomic E-state index is -3.71. The second-order valence-electron chi connectivity index (χ2n) is 6.77. The predicted molar refractivity (Wildman–Crippen MR) is 104 cm³/mol. The van der Waals surface area contributed by atoms with Gasteiger partial charge in [0.1, 0.15) is 0 Å². The van der Waals surface area contributed by atoms with E-state index in [0.29, 0.717) is 17.8 Å². The Hall–Kier alpha value is -2.38. The van der Waals surface area contributed by atoms with Gasteiger partial charge in [-0.3, -0.25) is 9.52 Å². The van der Waals surface area contributed by atoms with Gasteiger partial charge in [0.2, 0.25) is 0 Å². The fourth-order valence-corrected chi connectivity index (χ4v) is 3.97. The quantitative estimate of drug-likeness (QED) is 0.797. The average Bonchev–Trinajstić information content (AvgIpc) is 3.16. The number of ether oxygens (including phenoxy) is 1. The van der Waals surface area contributed by atoms with E-state index in [4.69, 9.17) is 4.74 Å². The summed E-state index contributed by atoms with van der Waals surface area (Å²) < 4.78 is 33.1. The Morgan fingerprint density at radius 2 is 1.85 bits per heavy atom. The maximum absolute atomic E-state index is 12.6. The molecule has 0 spiro atoms. The molecule has 1 aliphatic rings. The summed E-state index contributed by atoms with van der Waals surface area (Å²) in [5.74, 6) is -0.239. The van der Waals surface area contributed by atoms with E-state index in [9.17, 15) is 13.2 Å². The molecule has 2 aromatic carbocycles. The Morgan fingerprint density at radius 3 is 2.48 bits per heavy atom. The van der Waals surface area contributed by atoms with E-state index in [0.717, 1.165) is 30.6 Å². The Morgan fingerprint density at radius 1 is 1.11 bits per heavy atom. The molecule has 1 heterocycles. The minimum absolute atomic E-state index is 0.0655. The maximum Gasteiger partial charge on any atom is 0.261 e. The number of carbonyl (C=O) groups excluding carboxylic acids is 1. The van der Waals surface area contributed by atoms with Crippen LogP contribution >= 0.6 is 0 Å². The van der Waals surface area contributed by atoms with Gasteiger partial charge in [0.05, 0.1) is 11.0 Å². The molecule has 6 nitrogen and oxygen atoms in total. The van der Waals surface area contributed by atoms with Gasteiger partial charge in [-0.05, 0) is 74.2 Å². The summed E-state index contributed by atoms with van der Waals surface area (Å²) in [5, 5.41) is 2.82. The van der Waals surface area contributed by atoms with Gasteiger partial charge in [0, 0.05) is 24.4 Å². The zero-order chi connectivity index (χ0) is 19.4. The number of sulfonamides is 1. The molecule has 144 valence electrons. The lowest BCUT2D eigenvalue weighted by atomic mass is 10.1. The van der Waals surface area contributed by atoms with Crippen LogP contribution in [0.3, 0.4) is 0 Å². The summed E-state index contributed by atoms with van der Waals surface area (Å²) in [4.78, 5) is 12.3. The first-order valence-electron chi connectivity index (χ1n) is 8.95. The van der Waals surface area contributed by atoms with Crippen molar-refractivity contribution in [3.8, 4) is 0 Å². The fourth-order valence-electron chi connectivity index (χ4n) is 2.92. The highest BCUT2D eigenvalue weighted by molar-refractivity contribution is 7.92. The molecule has 1 amide bonds. The molecule has 1 aliphatic heterocycles. The second-order valence-corrected chi connectivity index (χ2v) is 8.46. The first kappa shape index (κ1) is 19.4. The lowest BCUT2D eigenvalue weighted by Gasteiger charge is -2.12. The number of nitrogens with one attached hydrogen (secondary N) is 2. The highest BCUT2D eigenvalue weighted by Gasteiger charge is 2.18. The molecule has 1 atom stereocenters. The third-order valence-corrected chi connectivity index (χ3v) is 6.10. The van der Waals surface area contributed by atoms with Gasteiger partial charge < -0.3 is 10.1 Å². The van der Waals surface area contributed by atoms with Crippen LogP contribution < -0.4 is 10.0 Å². The maximum atomic E-state index is 12.6. The fraction of sp³-hybridized carbons (Fsp3) is 0.350. The van der Waals surface area contributed by atoms with E-state index in [1.54, 1.807) is 12.1 Å². The van der Waals surface area contributed by atoms with Crippen molar-refractivity contribution in [1.29, 1.82) is 0 Å². The number of hydrogen-bond donors (Lipinski definition) is 2. The molecule has 1 saturated heterocycles. The SMILES string of the molecule is Cc1ccc(NS(=O)(=O)c2ccc(C(=O)NCC3CCCO3)cc2)cc1C. The monoisotopic (exact) mass is 388 g/mol. The van der Waals surface area contributed by atoms with Crippen molar-refractivity contribution in [1.82, 2.24) is 5.32 Å². The van der Waals surface area contributed by atoms with E-state index >= 15 is 0 Å². The molecule has 0 saturated carbocycles. The zero-order valence-corrected chi connectivity index (χ0v) is 16.3. The van der Waals surface area contributed by atoms with E-state index in [-0.39, 0.29) is 16.9 Å². The third kappa shape index (κ3) is 4.87. The van der Waals surface area contributed by atoms with E-state index in [1.807, 2.05) is 19.9 Å². The van der Waals surface area contributed by atoms with E-state index < -0.39 is 10.0 Å². The van der Waals surface area contributed by atoms with Crippen molar-refractivity contribution in [2.24, 2.45) is 0 Å². The molecule has 2 N–H and O–H groups in total. The molecule has 7 heteroatoms. The van der Waals surface area contributed by atoms with Crippen LogP contribution in [-0.4, -0.2) is 33.6 Å². The minimum Gasteiger partial charge on any atom is -0.376 e. The summed E-state index contributed by atoms with van der Waals surface area (Å²) in [7, 11) is -3.71. The number of hydrogen-bond acceptors (Lipinski definition) is 4. The average molecular weight is 388 g/mol. The van der Waals surface area contributed by atoms with Gasteiger partial charge in [-0.1, -0.05) is 6.07 Å². The lowest BCUT2D eigenvalue weighted by Crippen LogP contribution is -2.31. The standard InChI is InChI=1S/C20H24N2O4S/c1-14-5-8-17(12-15(14)2)22-27(24,25)19-9-6-16(7-10-19)20(23)21-13-18-4-3-11-26-18/h5-10,12,18,22H,3-4,11,13H2,1-2H3,(H,21,23). The van der Waals surface area contributed by atoms with Crippen molar-refractivity contribution >= 4 is 21.6 Å². The topological polar surface area (TPSA) is 84.5 Å². The molecule has 0 radical (unpaired) electrons. The summed E-state index contributed by atoms with van der Waals surface area (Å²) in [5.41, 5.74) is 3.03. The first-order chi connectivity index (χ1) is 12.8. The van der Waals surface area contributed by atoms with Crippen molar-refractivity contribution in [2.75, 3.05) is 17.9 Å². The van der Waals surface area contributed by atoms with Crippen LogP contribution in [0.15, 0.2) is 47.4 Å². The van der Waals surface area contributed by atoms with Crippen LogP contribution in [0.1, 0.15) is 34.3 Å². The van der Waals surface area contributed by atoms with Gasteiger partial charge in [-0.15, -0.1) is 0 Å². The molecular formula is C20H24N2O4S. The Balaban J connectivity index is 1.65. The molecule has 1 fully saturated rings. The number of aryl methyl sites for hydroxylation is 2. The number of amides is 1. The van der Waals surface area contributed by atoms with Gasteiger partial charge >= 0.3 is 0 Å². The van der Waals surface area contributed by atoms with Crippen molar-refractivity contribution < 1.29 is 17.9 Å². The summed E-state index contributed by atoms with van der Waals surface area (Å²) in [6, 6.07) is 11.3. The lowest BCUT2D eigenvalue weighted by molar-refractivity contribution is 0.0857. The highest BCUT2D eigenvalue weighted by Crippen LogP contribution is 2.19. The Labute approximate surface area is 160 Å². The van der Waals surface area contributed by atoms with Crippen LogP contribution in [0, 0.1) is 13.8 Å².